The zero-order valence-corrected chi connectivity index (χ0v) is 15.9. The Bertz CT molecular complexity index is 1090. The first kappa shape index (κ1) is 19.8. The van der Waals surface area contributed by atoms with Gasteiger partial charge in [-0.25, -0.2) is 4.79 Å². The normalized spacial score (nSPS) is 9.90. The lowest BCUT2D eigenvalue weighted by atomic mass is 10.1. The van der Waals surface area contributed by atoms with Crippen LogP contribution in [-0.4, -0.2) is 24.4 Å². The first-order valence-corrected chi connectivity index (χ1v) is 9.36. The van der Waals surface area contributed by atoms with E-state index in [0.717, 1.165) is 0 Å². The molecule has 0 fully saturated rings. The van der Waals surface area contributed by atoms with Crippen LogP contribution in [0, 0.1) is 11.3 Å². The van der Waals surface area contributed by atoms with E-state index in [2.05, 4.69) is 10.6 Å². The number of rotatable bonds is 6. The third kappa shape index (κ3) is 5.06. The molecule has 0 bridgehead atoms. The molecule has 3 aromatic rings. The summed E-state index contributed by atoms with van der Waals surface area (Å²) in [5.41, 5.74) is 1.18. The van der Waals surface area contributed by atoms with Crippen molar-refractivity contribution in [3.8, 4) is 6.07 Å². The molecule has 0 saturated heterocycles. The molecule has 0 aliphatic heterocycles. The summed E-state index contributed by atoms with van der Waals surface area (Å²) in [6.45, 7) is -0.525. The minimum Gasteiger partial charge on any atom is -0.452 e. The third-order valence-electron chi connectivity index (χ3n) is 3.80. The summed E-state index contributed by atoms with van der Waals surface area (Å²) in [6.07, 6.45) is 0. The van der Waals surface area contributed by atoms with Crippen LogP contribution in [0.4, 0.5) is 10.7 Å². The molecule has 29 heavy (non-hydrogen) atoms. The zero-order chi connectivity index (χ0) is 20.6. The second kappa shape index (κ2) is 9.30. The summed E-state index contributed by atoms with van der Waals surface area (Å²) in [4.78, 5) is 36.8. The second-order valence-corrected chi connectivity index (χ2v) is 6.68. The number of hydrogen-bond acceptors (Lipinski definition) is 6. The van der Waals surface area contributed by atoms with Crippen LogP contribution in [-0.2, 0) is 9.53 Å². The van der Waals surface area contributed by atoms with E-state index >= 15 is 0 Å². The maximum Gasteiger partial charge on any atom is 0.340 e. The van der Waals surface area contributed by atoms with Crippen molar-refractivity contribution in [1.29, 1.82) is 5.26 Å². The smallest absolute Gasteiger partial charge is 0.340 e. The fourth-order valence-corrected chi connectivity index (χ4v) is 3.17. The number of carbonyl (C=O) groups is 3. The van der Waals surface area contributed by atoms with Crippen molar-refractivity contribution < 1.29 is 19.1 Å². The van der Waals surface area contributed by atoms with Gasteiger partial charge in [0, 0.05) is 5.56 Å². The standard InChI is InChI=1S/C21H15N3O4S/c22-12-15-10-11-29-20(15)24-18(25)13-28-21(27)16-8-4-5-9-17(16)23-19(26)14-6-2-1-3-7-14/h1-11H,13H2,(H,23,26)(H,24,25). The van der Waals surface area contributed by atoms with Gasteiger partial charge < -0.3 is 15.4 Å². The number of ether oxygens (including phenoxy) is 1. The molecule has 144 valence electrons. The summed E-state index contributed by atoms with van der Waals surface area (Å²) >= 11 is 1.20. The van der Waals surface area contributed by atoms with Crippen molar-refractivity contribution in [1.82, 2.24) is 0 Å². The molecule has 1 heterocycles. The fourth-order valence-electron chi connectivity index (χ4n) is 2.42. The Morgan fingerprint density at radius 2 is 1.69 bits per heavy atom. The molecule has 2 aromatic carbocycles. The number of nitrogens with zero attached hydrogens (tertiary/aromatic N) is 1. The van der Waals surface area contributed by atoms with Crippen LogP contribution >= 0.6 is 11.3 Å². The largest absolute Gasteiger partial charge is 0.452 e. The molecule has 0 spiro atoms. The highest BCUT2D eigenvalue weighted by atomic mass is 32.1. The van der Waals surface area contributed by atoms with Gasteiger partial charge in [-0.05, 0) is 35.7 Å². The summed E-state index contributed by atoms with van der Waals surface area (Å²) in [6, 6.07) is 18.5. The van der Waals surface area contributed by atoms with Gasteiger partial charge in [-0.15, -0.1) is 11.3 Å². The lowest BCUT2D eigenvalue weighted by Gasteiger charge is -2.11. The summed E-state index contributed by atoms with van der Waals surface area (Å²) in [5, 5.41) is 16.2. The van der Waals surface area contributed by atoms with Crippen LogP contribution in [0.3, 0.4) is 0 Å². The van der Waals surface area contributed by atoms with E-state index in [4.69, 9.17) is 10.00 Å². The van der Waals surface area contributed by atoms with Crippen molar-refractivity contribution in [3.63, 3.8) is 0 Å². The molecule has 0 aliphatic carbocycles. The van der Waals surface area contributed by atoms with Crippen LogP contribution in [0.1, 0.15) is 26.3 Å². The van der Waals surface area contributed by atoms with Crippen LogP contribution < -0.4 is 10.6 Å². The number of carbonyl (C=O) groups excluding carboxylic acids is 3. The van der Waals surface area contributed by atoms with Crippen molar-refractivity contribution in [2.75, 3.05) is 17.2 Å². The number of amides is 2. The zero-order valence-electron chi connectivity index (χ0n) is 15.0. The highest BCUT2D eigenvalue weighted by Gasteiger charge is 2.17. The van der Waals surface area contributed by atoms with Crippen molar-refractivity contribution >= 4 is 39.8 Å². The van der Waals surface area contributed by atoms with E-state index in [1.165, 1.54) is 17.4 Å². The third-order valence-corrected chi connectivity index (χ3v) is 4.63. The molecule has 2 N–H and O–H groups in total. The quantitative estimate of drug-likeness (QED) is 0.608. The van der Waals surface area contributed by atoms with Crippen molar-refractivity contribution in [2.45, 2.75) is 0 Å². The van der Waals surface area contributed by atoms with Gasteiger partial charge in [-0.1, -0.05) is 30.3 Å². The molecule has 0 saturated carbocycles. The van der Waals surface area contributed by atoms with Crippen LogP contribution in [0.15, 0.2) is 66.0 Å². The van der Waals surface area contributed by atoms with Crippen LogP contribution in [0.2, 0.25) is 0 Å². The Morgan fingerprint density at radius 3 is 2.45 bits per heavy atom. The molecule has 0 aliphatic rings. The Morgan fingerprint density at radius 1 is 0.966 bits per heavy atom. The summed E-state index contributed by atoms with van der Waals surface area (Å²) < 4.78 is 5.06. The Kier molecular flexibility index (Phi) is 6.35. The number of nitriles is 1. The van der Waals surface area contributed by atoms with Gasteiger partial charge in [0.1, 0.15) is 11.1 Å². The molecular weight excluding hydrogens is 390 g/mol. The number of anilines is 2. The highest BCUT2D eigenvalue weighted by molar-refractivity contribution is 7.14. The fraction of sp³-hybridized carbons (Fsp3) is 0.0476. The van der Waals surface area contributed by atoms with Gasteiger partial charge in [0.05, 0.1) is 16.8 Å². The number of hydrogen-bond donors (Lipinski definition) is 2. The number of nitrogens with one attached hydrogen (secondary N) is 2. The molecule has 8 heteroatoms. The molecule has 2 amide bonds. The molecule has 0 atom stereocenters. The lowest BCUT2D eigenvalue weighted by molar-refractivity contribution is -0.119. The molecule has 0 unspecified atom stereocenters. The summed E-state index contributed by atoms with van der Waals surface area (Å²) in [5.74, 6) is -1.69. The van der Waals surface area contributed by atoms with E-state index in [1.807, 2.05) is 6.07 Å². The van der Waals surface area contributed by atoms with E-state index in [1.54, 1.807) is 60.0 Å². The molecular formula is C21H15N3O4S. The Balaban J connectivity index is 1.63. The number of esters is 1. The topological polar surface area (TPSA) is 108 Å². The summed E-state index contributed by atoms with van der Waals surface area (Å²) in [7, 11) is 0. The van der Waals surface area contributed by atoms with Crippen LogP contribution in [0.5, 0.6) is 0 Å². The maximum absolute atomic E-state index is 12.4. The number of para-hydroxylation sites is 1. The molecule has 0 radical (unpaired) electrons. The molecule has 3 rings (SSSR count). The average Bonchev–Trinajstić information content (AvgIpc) is 3.20. The van der Waals surface area contributed by atoms with Gasteiger partial charge in [0.2, 0.25) is 0 Å². The first-order chi connectivity index (χ1) is 14.1. The molecule has 1 aromatic heterocycles. The Hall–Kier alpha value is -3.96. The second-order valence-electron chi connectivity index (χ2n) is 5.77. The van der Waals surface area contributed by atoms with Gasteiger partial charge in [-0.3, -0.25) is 9.59 Å². The first-order valence-electron chi connectivity index (χ1n) is 8.48. The minimum atomic E-state index is -0.754. The average molecular weight is 405 g/mol. The minimum absolute atomic E-state index is 0.124. The van der Waals surface area contributed by atoms with Gasteiger partial charge in [-0.2, -0.15) is 5.26 Å². The lowest BCUT2D eigenvalue weighted by Crippen LogP contribution is -2.22. The van der Waals surface area contributed by atoms with Gasteiger partial charge in [0.15, 0.2) is 6.61 Å². The van der Waals surface area contributed by atoms with Crippen molar-refractivity contribution in [3.05, 3.63) is 82.7 Å². The van der Waals surface area contributed by atoms with E-state index < -0.39 is 18.5 Å². The van der Waals surface area contributed by atoms with Gasteiger partial charge in [0.25, 0.3) is 11.8 Å². The monoisotopic (exact) mass is 405 g/mol. The van der Waals surface area contributed by atoms with Crippen LogP contribution in [0.25, 0.3) is 0 Å². The SMILES string of the molecule is N#Cc1ccsc1NC(=O)COC(=O)c1ccccc1NC(=O)c1ccccc1. The molecule has 7 nitrogen and oxygen atoms in total. The Labute approximate surface area is 170 Å². The van der Waals surface area contributed by atoms with E-state index in [0.29, 0.717) is 16.1 Å². The maximum atomic E-state index is 12.4. The van der Waals surface area contributed by atoms with Crippen molar-refractivity contribution in [2.24, 2.45) is 0 Å². The predicted octanol–water partition coefficient (Wildman–Crippen LogP) is 3.67. The highest BCUT2D eigenvalue weighted by Crippen LogP contribution is 2.22. The van der Waals surface area contributed by atoms with Gasteiger partial charge >= 0.3 is 5.97 Å². The number of benzene rings is 2. The predicted molar refractivity (Wildman–Crippen MR) is 109 cm³/mol. The number of thiophene rings is 1. The van der Waals surface area contributed by atoms with E-state index in [-0.39, 0.29) is 17.2 Å². The van der Waals surface area contributed by atoms with E-state index in [9.17, 15) is 14.4 Å².